The Labute approximate surface area is 129 Å². The van der Waals surface area contributed by atoms with Crippen LogP contribution in [0.3, 0.4) is 0 Å². The second kappa shape index (κ2) is 5.46. The number of ketones is 1. The number of Topliss-reactive ketones (excluding diaryl/α,β-unsaturated/α-hetero) is 1. The smallest absolute Gasteiger partial charge is 0.262 e. The number of aryl methyl sites for hydroxylation is 1. The zero-order valence-corrected chi connectivity index (χ0v) is 12.9. The maximum atomic E-state index is 12.9. The Morgan fingerprint density at radius 1 is 1.32 bits per heavy atom. The van der Waals surface area contributed by atoms with E-state index in [1.807, 2.05) is 0 Å². The summed E-state index contributed by atoms with van der Waals surface area (Å²) in [6, 6.07) is 5.98. The van der Waals surface area contributed by atoms with Crippen molar-refractivity contribution in [2.75, 3.05) is 0 Å². The standard InChI is InChI=1S/C16H13FN2O2S/c1-9-13-15(22-14(9)10(2)20)18-8-19(16(13)21)7-11-3-5-12(17)6-4-11/h3-6,8H,7H2,1-2H3. The number of hydrogen-bond donors (Lipinski definition) is 0. The molecule has 2 aromatic heterocycles. The average Bonchev–Trinajstić information content (AvgIpc) is 2.82. The van der Waals surface area contributed by atoms with Crippen LogP contribution in [-0.2, 0) is 6.54 Å². The summed E-state index contributed by atoms with van der Waals surface area (Å²) < 4.78 is 14.4. The van der Waals surface area contributed by atoms with Crippen molar-refractivity contribution in [1.82, 2.24) is 9.55 Å². The first-order valence-electron chi connectivity index (χ1n) is 6.71. The molecule has 0 atom stereocenters. The van der Waals surface area contributed by atoms with Crippen LogP contribution in [0.2, 0.25) is 0 Å². The van der Waals surface area contributed by atoms with E-state index in [1.165, 1.54) is 41.3 Å². The maximum absolute atomic E-state index is 12.9. The van der Waals surface area contributed by atoms with E-state index in [1.54, 1.807) is 19.1 Å². The van der Waals surface area contributed by atoms with Gasteiger partial charge in [-0.1, -0.05) is 12.1 Å². The van der Waals surface area contributed by atoms with Crippen LogP contribution in [0.5, 0.6) is 0 Å². The van der Waals surface area contributed by atoms with Crippen LogP contribution in [0.4, 0.5) is 4.39 Å². The van der Waals surface area contributed by atoms with Crippen molar-refractivity contribution in [3.63, 3.8) is 0 Å². The van der Waals surface area contributed by atoms with Crippen molar-refractivity contribution < 1.29 is 9.18 Å². The normalized spacial score (nSPS) is 11.0. The number of nitrogens with zero attached hydrogens (tertiary/aromatic N) is 2. The van der Waals surface area contributed by atoms with Gasteiger partial charge in [-0.3, -0.25) is 14.2 Å². The zero-order chi connectivity index (χ0) is 15.9. The number of fused-ring (bicyclic) bond motifs is 1. The summed E-state index contributed by atoms with van der Waals surface area (Å²) in [5.41, 5.74) is 1.30. The van der Waals surface area contributed by atoms with Gasteiger partial charge in [-0.25, -0.2) is 9.37 Å². The molecule has 0 saturated carbocycles. The zero-order valence-electron chi connectivity index (χ0n) is 12.1. The molecule has 0 saturated heterocycles. The third-order valence-corrected chi connectivity index (χ3v) is 4.80. The van der Waals surface area contributed by atoms with Gasteiger partial charge >= 0.3 is 0 Å². The van der Waals surface area contributed by atoms with Gasteiger partial charge < -0.3 is 0 Å². The molecule has 2 heterocycles. The molecular formula is C16H13FN2O2S. The molecule has 0 amide bonds. The molecule has 0 bridgehead atoms. The summed E-state index contributed by atoms with van der Waals surface area (Å²) in [5.74, 6) is -0.380. The number of carbonyl (C=O) groups is 1. The van der Waals surface area contributed by atoms with Crippen LogP contribution in [0.1, 0.15) is 27.7 Å². The quantitative estimate of drug-likeness (QED) is 0.698. The number of carbonyl (C=O) groups excluding carboxylic acids is 1. The van der Waals surface area contributed by atoms with Gasteiger partial charge in [0.2, 0.25) is 0 Å². The van der Waals surface area contributed by atoms with Gasteiger partial charge in [0.15, 0.2) is 5.78 Å². The molecule has 112 valence electrons. The molecule has 22 heavy (non-hydrogen) atoms. The Balaban J connectivity index is 2.10. The monoisotopic (exact) mass is 316 g/mol. The van der Waals surface area contributed by atoms with E-state index in [0.717, 1.165) is 5.56 Å². The second-order valence-electron chi connectivity index (χ2n) is 5.10. The Morgan fingerprint density at radius 2 is 2.00 bits per heavy atom. The lowest BCUT2D eigenvalue weighted by atomic mass is 10.2. The van der Waals surface area contributed by atoms with Crippen LogP contribution in [0.25, 0.3) is 10.2 Å². The highest BCUT2D eigenvalue weighted by Crippen LogP contribution is 2.27. The summed E-state index contributed by atoms with van der Waals surface area (Å²) >= 11 is 1.24. The lowest BCUT2D eigenvalue weighted by molar-refractivity contribution is 0.102. The predicted molar refractivity (Wildman–Crippen MR) is 84.1 cm³/mol. The van der Waals surface area contributed by atoms with E-state index < -0.39 is 0 Å². The molecule has 0 radical (unpaired) electrons. The highest BCUT2D eigenvalue weighted by atomic mass is 32.1. The van der Waals surface area contributed by atoms with Crippen LogP contribution in [0, 0.1) is 12.7 Å². The number of hydrogen-bond acceptors (Lipinski definition) is 4. The lowest BCUT2D eigenvalue weighted by Crippen LogP contribution is -2.21. The van der Waals surface area contributed by atoms with E-state index in [9.17, 15) is 14.0 Å². The minimum Gasteiger partial charge on any atom is -0.294 e. The lowest BCUT2D eigenvalue weighted by Gasteiger charge is -2.05. The number of halogens is 1. The fraction of sp³-hybridized carbons (Fsp3) is 0.188. The number of aromatic nitrogens is 2. The average molecular weight is 316 g/mol. The highest BCUT2D eigenvalue weighted by molar-refractivity contribution is 7.20. The molecule has 0 aliphatic heterocycles. The third kappa shape index (κ3) is 2.46. The van der Waals surface area contributed by atoms with Crippen molar-refractivity contribution >= 4 is 27.3 Å². The number of thiophene rings is 1. The van der Waals surface area contributed by atoms with Crippen molar-refractivity contribution in [2.24, 2.45) is 0 Å². The summed E-state index contributed by atoms with van der Waals surface area (Å²) in [7, 11) is 0. The van der Waals surface area contributed by atoms with E-state index in [4.69, 9.17) is 0 Å². The SMILES string of the molecule is CC(=O)c1sc2ncn(Cc3ccc(F)cc3)c(=O)c2c1C. The Bertz CT molecular complexity index is 926. The van der Waals surface area contributed by atoms with Crippen molar-refractivity contribution in [1.29, 1.82) is 0 Å². The van der Waals surface area contributed by atoms with E-state index in [2.05, 4.69) is 4.98 Å². The Kier molecular flexibility index (Phi) is 3.62. The first kappa shape index (κ1) is 14.6. The van der Waals surface area contributed by atoms with Crippen molar-refractivity contribution in [3.05, 3.63) is 62.8 Å². The molecule has 0 fully saturated rings. The molecule has 0 spiro atoms. The molecule has 3 rings (SSSR count). The molecule has 4 nitrogen and oxygen atoms in total. The molecular weight excluding hydrogens is 303 g/mol. The van der Waals surface area contributed by atoms with Crippen LogP contribution < -0.4 is 5.56 Å². The maximum Gasteiger partial charge on any atom is 0.262 e. The van der Waals surface area contributed by atoms with Gasteiger partial charge in [0.1, 0.15) is 10.6 Å². The fourth-order valence-corrected chi connectivity index (χ4v) is 3.43. The van der Waals surface area contributed by atoms with Crippen LogP contribution in [-0.4, -0.2) is 15.3 Å². The Hall–Kier alpha value is -2.34. The van der Waals surface area contributed by atoms with Gasteiger partial charge in [-0.05, 0) is 37.1 Å². The summed E-state index contributed by atoms with van der Waals surface area (Å²) in [5, 5.41) is 0.486. The molecule has 0 aliphatic rings. The van der Waals surface area contributed by atoms with Gasteiger partial charge in [0, 0.05) is 0 Å². The minimum atomic E-state index is -0.315. The predicted octanol–water partition coefficient (Wildman–Crippen LogP) is 3.16. The highest BCUT2D eigenvalue weighted by Gasteiger charge is 2.16. The van der Waals surface area contributed by atoms with Gasteiger partial charge in [-0.2, -0.15) is 0 Å². The number of benzene rings is 1. The van der Waals surface area contributed by atoms with Crippen LogP contribution in [0.15, 0.2) is 35.4 Å². The van der Waals surface area contributed by atoms with Crippen LogP contribution >= 0.6 is 11.3 Å². The van der Waals surface area contributed by atoms with E-state index in [-0.39, 0.29) is 17.2 Å². The largest absolute Gasteiger partial charge is 0.294 e. The van der Waals surface area contributed by atoms with Gasteiger partial charge in [0.05, 0.1) is 23.1 Å². The summed E-state index contributed by atoms with van der Waals surface area (Å²) in [4.78, 5) is 29.6. The topological polar surface area (TPSA) is 52.0 Å². The third-order valence-electron chi connectivity index (χ3n) is 3.50. The van der Waals surface area contributed by atoms with Gasteiger partial charge in [0.25, 0.3) is 5.56 Å². The second-order valence-corrected chi connectivity index (χ2v) is 6.10. The summed E-state index contributed by atoms with van der Waals surface area (Å²) in [6.45, 7) is 3.56. The summed E-state index contributed by atoms with van der Waals surface area (Å²) in [6.07, 6.45) is 1.47. The molecule has 0 N–H and O–H groups in total. The molecule has 1 aromatic carbocycles. The minimum absolute atomic E-state index is 0.0648. The first-order chi connectivity index (χ1) is 10.5. The molecule has 0 aliphatic carbocycles. The van der Waals surface area contributed by atoms with Gasteiger partial charge in [-0.15, -0.1) is 11.3 Å². The van der Waals surface area contributed by atoms with Crippen molar-refractivity contribution in [2.45, 2.75) is 20.4 Å². The van der Waals surface area contributed by atoms with Crippen molar-refractivity contribution in [3.8, 4) is 0 Å². The first-order valence-corrected chi connectivity index (χ1v) is 7.53. The van der Waals surface area contributed by atoms with E-state index in [0.29, 0.717) is 27.2 Å². The van der Waals surface area contributed by atoms with E-state index >= 15 is 0 Å². The molecule has 3 aromatic rings. The number of rotatable bonds is 3. The molecule has 0 unspecified atom stereocenters. The Morgan fingerprint density at radius 3 is 2.64 bits per heavy atom. The fourth-order valence-electron chi connectivity index (χ4n) is 2.39. The molecule has 6 heteroatoms.